The smallest absolute Gasteiger partial charge is 0.184 e. The third-order valence-electron chi connectivity index (χ3n) is 4.41. The molecule has 1 fully saturated rings. The van der Waals surface area contributed by atoms with Crippen molar-refractivity contribution in [3.05, 3.63) is 18.2 Å². The van der Waals surface area contributed by atoms with Crippen LogP contribution in [0.15, 0.2) is 18.2 Å². The molecule has 3 atom stereocenters. The highest BCUT2D eigenvalue weighted by Crippen LogP contribution is 2.34. The number of hydrogen-bond donors (Lipinski definition) is 1. The molecule has 0 saturated heterocycles. The van der Waals surface area contributed by atoms with Crippen LogP contribution in [0.25, 0.3) is 10.2 Å². The molecular weight excluding hydrogens is 280 g/mol. The van der Waals surface area contributed by atoms with E-state index in [1.807, 2.05) is 19.1 Å². The van der Waals surface area contributed by atoms with Crippen molar-refractivity contribution < 1.29 is 4.74 Å². The molecule has 3 unspecified atom stereocenters. The molecule has 0 spiro atoms. The zero-order valence-corrected chi connectivity index (χ0v) is 13.9. The van der Waals surface area contributed by atoms with E-state index < -0.39 is 0 Å². The molecule has 1 aromatic carbocycles. The van der Waals surface area contributed by atoms with Crippen LogP contribution >= 0.6 is 11.3 Å². The molecule has 0 radical (unpaired) electrons. The summed E-state index contributed by atoms with van der Waals surface area (Å²) in [5, 5.41) is 4.71. The number of ether oxygens (including phenoxy) is 1. The molecule has 1 aliphatic rings. The summed E-state index contributed by atoms with van der Waals surface area (Å²) in [6.07, 6.45) is 3.89. The van der Waals surface area contributed by atoms with Crippen LogP contribution in [0.3, 0.4) is 0 Å². The van der Waals surface area contributed by atoms with Gasteiger partial charge in [0.15, 0.2) is 5.13 Å². The Hall–Kier alpha value is -1.29. The van der Waals surface area contributed by atoms with Crippen LogP contribution in [0.5, 0.6) is 5.75 Å². The molecule has 21 heavy (non-hydrogen) atoms. The lowest BCUT2D eigenvalue weighted by atomic mass is 9.80. The highest BCUT2D eigenvalue weighted by molar-refractivity contribution is 7.22. The predicted octanol–water partition coefficient (Wildman–Crippen LogP) is 4.93. The van der Waals surface area contributed by atoms with E-state index in [0.717, 1.165) is 28.2 Å². The molecule has 3 nitrogen and oxygen atoms in total. The summed E-state index contributed by atoms with van der Waals surface area (Å²) in [5.74, 6) is 2.52. The maximum atomic E-state index is 5.56. The molecule has 1 aromatic heterocycles. The molecule has 4 heteroatoms. The second-order valence-electron chi connectivity index (χ2n) is 6.23. The van der Waals surface area contributed by atoms with Gasteiger partial charge in [-0.3, -0.25) is 0 Å². The molecule has 0 bridgehead atoms. The van der Waals surface area contributed by atoms with Crippen LogP contribution < -0.4 is 10.1 Å². The van der Waals surface area contributed by atoms with E-state index in [1.54, 1.807) is 11.3 Å². The van der Waals surface area contributed by atoms with Crippen molar-refractivity contribution in [2.75, 3.05) is 11.9 Å². The largest absolute Gasteiger partial charge is 0.494 e. The summed E-state index contributed by atoms with van der Waals surface area (Å²) >= 11 is 1.73. The van der Waals surface area contributed by atoms with Crippen molar-refractivity contribution >= 4 is 26.7 Å². The average Bonchev–Trinajstić information content (AvgIpc) is 2.84. The summed E-state index contributed by atoms with van der Waals surface area (Å²) in [4.78, 5) is 4.71. The number of fused-ring (bicyclic) bond motifs is 1. The van der Waals surface area contributed by atoms with Crippen molar-refractivity contribution in [2.24, 2.45) is 11.8 Å². The Bertz CT molecular complexity index is 610. The van der Waals surface area contributed by atoms with Gasteiger partial charge < -0.3 is 10.1 Å². The molecular formula is C17H24N2OS. The Morgan fingerprint density at radius 1 is 1.33 bits per heavy atom. The number of nitrogens with one attached hydrogen (secondary N) is 1. The quantitative estimate of drug-likeness (QED) is 0.869. The fraction of sp³-hybridized carbons (Fsp3) is 0.588. The lowest BCUT2D eigenvalue weighted by Gasteiger charge is -2.32. The lowest BCUT2D eigenvalue weighted by Crippen LogP contribution is -2.32. The average molecular weight is 304 g/mol. The number of thiazole rings is 1. The first-order valence-corrected chi connectivity index (χ1v) is 8.77. The van der Waals surface area contributed by atoms with Gasteiger partial charge in [-0.2, -0.15) is 0 Å². The van der Waals surface area contributed by atoms with Gasteiger partial charge in [0.05, 0.1) is 16.8 Å². The summed E-state index contributed by atoms with van der Waals surface area (Å²) in [7, 11) is 0. The van der Waals surface area contributed by atoms with E-state index in [9.17, 15) is 0 Å². The molecule has 2 aromatic rings. The van der Waals surface area contributed by atoms with Gasteiger partial charge in [0, 0.05) is 6.04 Å². The Kier molecular flexibility index (Phi) is 4.34. The maximum Gasteiger partial charge on any atom is 0.184 e. The van der Waals surface area contributed by atoms with Crippen molar-refractivity contribution in [3.8, 4) is 5.75 Å². The second-order valence-corrected chi connectivity index (χ2v) is 7.26. The topological polar surface area (TPSA) is 34.1 Å². The molecule has 1 N–H and O–H groups in total. The molecule has 1 heterocycles. The van der Waals surface area contributed by atoms with E-state index in [2.05, 4.69) is 25.2 Å². The van der Waals surface area contributed by atoms with Gasteiger partial charge in [-0.1, -0.05) is 25.2 Å². The lowest BCUT2D eigenvalue weighted by molar-refractivity contribution is 0.276. The molecule has 1 aliphatic carbocycles. The SMILES string of the molecule is CCOc1ccc2nc(NC3CCC(C)CC3C)sc2c1. The minimum Gasteiger partial charge on any atom is -0.494 e. The summed E-state index contributed by atoms with van der Waals surface area (Å²) < 4.78 is 6.76. The van der Waals surface area contributed by atoms with Crippen molar-refractivity contribution in [1.29, 1.82) is 0 Å². The van der Waals surface area contributed by atoms with E-state index in [1.165, 1.54) is 24.0 Å². The first-order chi connectivity index (χ1) is 10.2. The fourth-order valence-corrected chi connectivity index (χ4v) is 4.22. The van der Waals surface area contributed by atoms with E-state index >= 15 is 0 Å². The molecule has 0 amide bonds. The van der Waals surface area contributed by atoms with Crippen LogP contribution in [0.4, 0.5) is 5.13 Å². The zero-order valence-electron chi connectivity index (χ0n) is 13.1. The highest BCUT2D eigenvalue weighted by Gasteiger charge is 2.25. The van der Waals surface area contributed by atoms with Crippen LogP contribution in [-0.4, -0.2) is 17.6 Å². The van der Waals surface area contributed by atoms with Crippen molar-refractivity contribution in [1.82, 2.24) is 4.98 Å². The number of aromatic nitrogens is 1. The second kappa shape index (κ2) is 6.22. The van der Waals surface area contributed by atoms with Gasteiger partial charge in [0.1, 0.15) is 5.75 Å². The van der Waals surface area contributed by atoms with Gasteiger partial charge >= 0.3 is 0 Å². The van der Waals surface area contributed by atoms with E-state index in [4.69, 9.17) is 9.72 Å². The number of rotatable bonds is 4. The minimum atomic E-state index is 0.563. The van der Waals surface area contributed by atoms with Crippen LogP contribution in [-0.2, 0) is 0 Å². The third kappa shape index (κ3) is 3.31. The summed E-state index contributed by atoms with van der Waals surface area (Å²) in [6.45, 7) is 7.43. The Balaban J connectivity index is 1.75. The Morgan fingerprint density at radius 2 is 2.19 bits per heavy atom. The predicted molar refractivity (Wildman–Crippen MR) is 90.4 cm³/mol. The zero-order chi connectivity index (χ0) is 14.8. The van der Waals surface area contributed by atoms with Crippen molar-refractivity contribution in [2.45, 2.75) is 46.1 Å². The third-order valence-corrected chi connectivity index (χ3v) is 5.36. The molecule has 0 aliphatic heterocycles. The first-order valence-electron chi connectivity index (χ1n) is 7.95. The highest BCUT2D eigenvalue weighted by atomic mass is 32.1. The number of nitrogens with zero attached hydrogens (tertiary/aromatic N) is 1. The van der Waals surface area contributed by atoms with Gasteiger partial charge in [0.25, 0.3) is 0 Å². The first kappa shape index (κ1) is 14.6. The van der Waals surface area contributed by atoms with Crippen molar-refractivity contribution in [3.63, 3.8) is 0 Å². The minimum absolute atomic E-state index is 0.563. The molecule has 1 saturated carbocycles. The molecule has 3 rings (SSSR count). The summed E-state index contributed by atoms with van der Waals surface area (Å²) in [5.41, 5.74) is 1.06. The Labute approximate surface area is 130 Å². The van der Waals surface area contributed by atoms with E-state index in [-0.39, 0.29) is 0 Å². The van der Waals surface area contributed by atoms with Crippen LogP contribution in [0.2, 0.25) is 0 Å². The summed E-state index contributed by atoms with van der Waals surface area (Å²) in [6, 6.07) is 6.70. The normalized spacial score (nSPS) is 26.0. The van der Waals surface area contributed by atoms with Gasteiger partial charge in [-0.25, -0.2) is 4.98 Å². The van der Waals surface area contributed by atoms with E-state index in [0.29, 0.717) is 12.6 Å². The maximum absolute atomic E-state index is 5.56. The van der Waals surface area contributed by atoms with Crippen LogP contribution in [0, 0.1) is 11.8 Å². The Morgan fingerprint density at radius 3 is 2.95 bits per heavy atom. The number of anilines is 1. The fourth-order valence-electron chi connectivity index (χ4n) is 3.26. The van der Waals surface area contributed by atoms with Gasteiger partial charge in [-0.15, -0.1) is 0 Å². The molecule has 114 valence electrons. The number of benzene rings is 1. The van der Waals surface area contributed by atoms with Gasteiger partial charge in [-0.05, 0) is 56.2 Å². The van der Waals surface area contributed by atoms with Gasteiger partial charge in [0.2, 0.25) is 0 Å². The monoisotopic (exact) mass is 304 g/mol. The number of hydrogen-bond acceptors (Lipinski definition) is 4. The standard InChI is InChI=1S/C17H24N2OS/c1-4-20-13-6-8-15-16(10-13)21-17(19-15)18-14-7-5-11(2)9-12(14)3/h6,8,10-12,14H,4-5,7,9H2,1-3H3,(H,18,19). The van der Waals surface area contributed by atoms with Crippen LogP contribution in [0.1, 0.15) is 40.0 Å².